The number of halogens is 2. The monoisotopic (exact) mass is 413 g/mol. The zero-order valence-corrected chi connectivity index (χ0v) is 17.5. The molecule has 158 valence electrons. The molecular weight excluding hydrogens is 388 g/mol. The molecule has 3 aromatic rings. The molecule has 1 saturated carbocycles. The first-order chi connectivity index (χ1) is 14.0. The Balaban J connectivity index is 0.000000151. The fraction of sp³-hybridized carbons (Fsp3) is 0.375. The number of aromatic nitrogens is 1. The first kappa shape index (κ1) is 20.4. The number of Topliss-reactive ketones (excluding diaryl/α,β-unsaturated/α-hetero) is 1. The maximum atomic E-state index is 12.8. The normalized spacial score (nSPS) is 17.9. The smallest absolute Gasteiger partial charge is 0.395 e. The van der Waals surface area contributed by atoms with E-state index in [9.17, 15) is 13.6 Å². The second kappa shape index (κ2) is 6.83. The van der Waals surface area contributed by atoms with Gasteiger partial charge in [-0.1, -0.05) is 45.0 Å². The van der Waals surface area contributed by atoms with Crippen molar-refractivity contribution in [2.75, 3.05) is 0 Å². The summed E-state index contributed by atoms with van der Waals surface area (Å²) in [4.78, 5) is 15.0. The van der Waals surface area contributed by atoms with Crippen molar-refractivity contribution in [3.8, 4) is 11.5 Å². The molecule has 2 aliphatic rings. The van der Waals surface area contributed by atoms with Gasteiger partial charge in [-0.2, -0.15) is 0 Å². The summed E-state index contributed by atoms with van der Waals surface area (Å²) in [7, 11) is 0. The van der Waals surface area contributed by atoms with Crippen LogP contribution in [0.3, 0.4) is 0 Å². The SMILES string of the molecule is CC(=O)C1(c2ccc3c(c2)OC(F)(F)O3)CC1.CC(C)(C)c1cc2ccccc2[nH]1. The van der Waals surface area contributed by atoms with Gasteiger partial charge in [0, 0.05) is 16.6 Å². The lowest BCUT2D eigenvalue weighted by atomic mass is 9.92. The van der Waals surface area contributed by atoms with E-state index in [1.54, 1.807) is 6.07 Å². The Labute approximate surface area is 174 Å². The van der Waals surface area contributed by atoms with Crippen LogP contribution >= 0.6 is 0 Å². The van der Waals surface area contributed by atoms with Gasteiger partial charge in [0.15, 0.2) is 11.5 Å². The van der Waals surface area contributed by atoms with Crippen molar-refractivity contribution in [2.45, 2.75) is 57.7 Å². The molecule has 0 atom stereocenters. The van der Waals surface area contributed by atoms with Crippen LogP contribution in [0.2, 0.25) is 0 Å². The van der Waals surface area contributed by atoms with Crippen LogP contribution < -0.4 is 9.47 Å². The van der Waals surface area contributed by atoms with Crippen LogP contribution in [0.15, 0.2) is 48.5 Å². The lowest BCUT2D eigenvalue weighted by Crippen LogP contribution is -2.26. The zero-order chi connectivity index (χ0) is 21.7. The predicted octanol–water partition coefficient (Wildman–Crippen LogP) is 6.09. The maximum Gasteiger partial charge on any atom is 0.586 e. The predicted molar refractivity (Wildman–Crippen MR) is 111 cm³/mol. The summed E-state index contributed by atoms with van der Waals surface area (Å²) in [6.07, 6.45) is -2.08. The number of alkyl halides is 2. The number of benzene rings is 2. The molecule has 0 saturated heterocycles. The third kappa shape index (κ3) is 3.78. The first-order valence-corrected chi connectivity index (χ1v) is 10.00. The topological polar surface area (TPSA) is 51.3 Å². The van der Waals surface area contributed by atoms with Gasteiger partial charge in [0.2, 0.25) is 0 Å². The summed E-state index contributed by atoms with van der Waals surface area (Å²) in [5.74, 6) is 0.0706. The van der Waals surface area contributed by atoms with E-state index in [1.807, 2.05) is 0 Å². The number of aromatic amines is 1. The highest BCUT2D eigenvalue weighted by Gasteiger charge is 2.50. The first-order valence-electron chi connectivity index (χ1n) is 10.00. The summed E-state index contributed by atoms with van der Waals surface area (Å²) in [6.45, 7) is 8.18. The van der Waals surface area contributed by atoms with Crippen LogP contribution in [0.4, 0.5) is 8.78 Å². The number of ether oxygens (including phenoxy) is 2. The zero-order valence-electron chi connectivity index (χ0n) is 17.5. The van der Waals surface area contributed by atoms with Gasteiger partial charge in [-0.3, -0.25) is 4.79 Å². The number of carbonyl (C=O) groups is 1. The summed E-state index contributed by atoms with van der Waals surface area (Å²) < 4.78 is 34.3. The Morgan fingerprint density at radius 2 is 1.67 bits per heavy atom. The van der Waals surface area contributed by atoms with Crippen molar-refractivity contribution in [3.63, 3.8) is 0 Å². The van der Waals surface area contributed by atoms with Crippen LogP contribution in [0.5, 0.6) is 11.5 Å². The molecule has 1 aromatic heterocycles. The van der Waals surface area contributed by atoms with E-state index in [1.165, 1.54) is 35.7 Å². The van der Waals surface area contributed by atoms with Crippen LogP contribution in [0, 0.1) is 0 Å². The summed E-state index contributed by atoms with van der Waals surface area (Å²) in [6, 6.07) is 15.2. The number of nitrogens with one attached hydrogen (secondary N) is 1. The molecule has 1 aliphatic carbocycles. The van der Waals surface area contributed by atoms with Crippen LogP contribution in [-0.4, -0.2) is 17.1 Å². The number of para-hydroxylation sites is 1. The Kier molecular flexibility index (Phi) is 4.64. The van der Waals surface area contributed by atoms with Crippen LogP contribution in [-0.2, 0) is 15.6 Å². The largest absolute Gasteiger partial charge is 0.586 e. The van der Waals surface area contributed by atoms with Crippen molar-refractivity contribution in [3.05, 3.63) is 59.8 Å². The molecule has 1 fully saturated rings. The highest BCUT2D eigenvalue weighted by molar-refractivity contribution is 5.91. The standard InChI is InChI=1S/C12H10F2O3.C12H15N/c1-7(15)11(4-5-11)8-2-3-9-10(6-8)17-12(13,14)16-9;1-12(2,3)11-8-9-6-4-5-7-10(9)13-11/h2-3,6H,4-5H2,1H3;4-8,13H,1-3H3. The average molecular weight is 413 g/mol. The molecule has 5 rings (SSSR count). The van der Waals surface area contributed by atoms with Crippen molar-refractivity contribution in [1.82, 2.24) is 4.98 Å². The molecule has 0 bridgehead atoms. The Bertz CT molecular complexity index is 1070. The molecule has 6 heteroatoms. The van der Waals surface area contributed by atoms with E-state index in [0.29, 0.717) is 0 Å². The highest BCUT2D eigenvalue weighted by Crippen LogP contribution is 2.52. The molecule has 0 spiro atoms. The number of carbonyl (C=O) groups excluding carboxylic acids is 1. The van der Waals surface area contributed by atoms with Crippen molar-refractivity contribution < 1.29 is 23.0 Å². The lowest BCUT2D eigenvalue weighted by molar-refractivity contribution is -0.286. The van der Waals surface area contributed by atoms with Crippen molar-refractivity contribution >= 4 is 16.7 Å². The molecule has 2 heterocycles. The molecular formula is C24H25F2NO3. The molecule has 2 aromatic carbocycles. The number of ketones is 1. The van der Waals surface area contributed by atoms with E-state index in [0.717, 1.165) is 18.4 Å². The third-order valence-corrected chi connectivity index (χ3v) is 5.72. The van der Waals surface area contributed by atoms with E-state index in [-0.39, 0.29) is 22.7 Å². The average Bonchev–Trinajstić information content (AvgIpc) is 3.24. The number of fused-ring (bicyclic) bond motifs is 2. The molecule has 4 nitrogen and oxygen atoms in total. The number of hydrogen-bond acceptors (Lipinski definition) is 3. The molecule has 0 radical (unpaired) electrons. The van der Waals surface area contributed by atoms with E-state index in [4.69, 9.17) is 0 Å². The van der Waals surface area contributed by atoms with E-state index >= 15 is 0 Å². The van der Waals surface area contributed by atoms with Gasteiger partial charge in [-0.05, 0) is 55.0 Å². The third-order valence-electron chi connectivity index (χ3n) is 5.72. The molecule has 1 N–H and O–H groups in total. The summed E-state index contributed by atoms with van der Waals surface area (Å²) >= 11 is 0. The molecule has 0 amide bonds. The Morgan fingerprint density at radius 3 is 2.27 bits per heavy atom. The highest BCUT2D eigenvalue weighted by atomic mass is 19.3. The maximum absolute atomic E-state index is 12.8. The molecule has 0 unspecified atom stereocenters. The van der Waals surface area contributed by atoms with Crippen LogP contribution in [0.1, 0.15) is 51.8 Å². The Hall–Kier alpha value is -2.89. The molecule has 1 aliphatic heterocycles. The van der Waals surface area contributed by atoms with Gasteiger partial charge >= 0.3 is 6.29 Å². The van der Waals surface area contributed by atoms with Gasteiger partial charge in [0.25, 0.3) is 0 Å². The summed E-state index contributed by atoms with van der Waals surface area (Å²) in [5, 5.41) is 1.30. The lowest BCUT2D eigenvalue weighted by Gasteiger charge is -2.15. The number of H-pyrrole nitrogens is 1. The number of hydrogen-bond donors (Lipinski definition) is 1. The van der Waals surface area contributed by atoms with E-state index < -0.39 is 11.7 Å². The van der Waals surface area contributed by atoms with E-state index in [2.05, 4.69) is 65.6 Å². The van der Waals surface area contributed by atoms with Gasteiger partial charge < -0.3 is 14.5 Å². The fourth-order valence-electron chi connectivity index (χ4n) is 3.69. The Morgan fingerprint density at radius 1 is 1.00 bits per heavy atom. The van der Waals surface area contributed by atoms with Crippen LogP contribution in [0.25, 0.3) is 10.9 Å². The second-order valence-electron chi connectivity index (χ2n) is 8.99. The number of rotatable bonds is 2. The fourth-order valence-corrected chi connectivity index (χ4v) is 3.69. The second-order valence-corrected chi connectivity index (χ2v) is 8.99. The van der Waals surface area contributed by atoms with Crippen molar-refractivity contribution in [1.29, 1.82) is 0 Å². The van der Waals surface area contributed by atoms with Gasteiger partial charge in [-0.15, -0.1) is 8.78 Å². The summed E-state index contributed by atoms with van der Waals surface area (Å²) in [5.41, 5.74) is 2.97. The quantitative estimate of drug-likeness (QED) is 0.553. The minimum absolute atomic E-state index is 0.0000231. The molecule has 30 heavy (non-hydrogen) atoms. The van der Waals surface area contributed by atoms with Gasteiger partial charge in [0.05, 0.1) is 5.41 Å². The van der Waals surface area contributed by atoms with Gasteiger partial charge in [-0.25, -0.2) is 0 Å². The van der Waals surface area contributed by atoms with Gasteiger partial charge in [0.1, 0.15) is 5.78 Å². The minimum Gasteiger partial charge on any atom is -0.395 e. The van der Waals surface area contributed by atoms with Crippen molar-refractivity contribution in [2.24, 2.45) is 0 Å². The minimum atomic E-state index is -3.60.